The maximum absolute atomic E-state index is 11.7. The molecule has 0 aromatic carbocycles. The molecule has 0 bridgehead atoms. The van der Waals surface area contributed by atoms with Crippen LogP contribution in [0.5, 0.6) is 0 Å². The molecule has 1 fully saturated rings. The minimum absolute atomic E-state index is 0.00483. The zero-order chi connectivity index (χ0) is 14.9. The van der Waals surface area contributed by atoms with Crippen LogP contribution in [0.25, 0.3) is 0 Å². The summed E-state index contributed by atoms with van der Waals surface area (Å²) in [5.74, 6) is -0.158. The lowest BCUT2D eigenvalue weighted by atomic mass is 9.99. The first-order valence-electron chi connectivity index (χ1n) is 6.38. The minimum atomic E-state index is -0.423. The first-order valence-corrected chi connectivity index (χ1v) is 6.38. The molecule has 7 heteroatoms. The molecule has 0 spiro atoms. The third-order valence-electron chi connectivity index (χ3n) is 3.71. The Morgan fingerprint density at radius 1 is 1.55 bits per heavy atom. The SMILES string of the molecule is COC(=O)C1CN(c2nccc(C)c2[N+](=O)[O-])CC1C. The molecule has 1 aliphatic heterocycles. The number of esters is 1. The quantitative estimate of drug-likeness (QED) is 0.474. The molecular formula is C13H17N3O4. The Bertz CT molecular complexity index is 546. The number of nitro groups is 1. The molecule has 1 aromatic heterocycles. The number of anilines is 1. The number of aryl methyl sites for hydroxylation is 1. The van der Waals surface area contributed by atoms with Crippen molar-refractivity contribution in [2.75, 3.05) is 25.1 Å². The topological polar surface area (TPSA) is 85.6 Å². The van der Waals surface area contributed by atoms with E-state index in [2.05, 4.69) is 4.98 Å². The van der Waals surface area contributed by atoms with Crippen molar-refractivity contribution in [1.82, 2.24) is 4.98 Å². The normalized spacial score (nSPS) is 21.9. The number of hydrogen-bond donors (Lipinski definition) is 0. The van der Waals surface area contributed by atoms with Crippen LogP contribution >= 0.6 is 0 Å². The van der Waals surface area contributed by atoms with E-state index in [0.29, 0.717) is 24.5 Å². The molecule has 0 amide bonds. The summed E-state index contributed by atoms with van der Waals surface area (Å²) in [6.45, 7) is 4.56. The number of rotatable bonds is 3. The predicted molar refractivity (Wildman–Crippen MR) is 72.5 cm³/mol. The van der Waals surface area contributed by atoms with Crippen LogP contribution in [0.4, 0.5) is 11.5 Å². The predicted octanol–water partition coefficient (Wildman–Crippen LogP) is 1.54. The highest BCUT2D eigenvalue weighted by Gasteiger charge is 2.38. The van der Waals surface area contributed by atoms with Gasteiger partial charge in [-0.3, -0.25) is 14.9 Å². The zero-order valence-electron chi connectivity index (χ0n) is 11.7. The van der Waals surface area contributed by atoms with Crippen molar-refractivity contribution >= 4 is 17.5 Å². The van der Waals surface area contributed by atoms with Crippen molar-refractivity contribution in [2.24, 2.45) is 11.8 Å². The van der Waals surface area contributed by atoms with Crippen molar-refractivity contribution in [3.8, 4) is 0 Å². The van der Waals surface area contributed by atoms with Crippen LogP contribution in [0.1, 0.15) is 12.5 Å². The van der Waals surface area contributed by atoms with E-state index >= 15 is 0 Å². The molecule has 20 heavy (non-hydrogen) atoms. The van der Waals surface area contributed by atoms with Crippen LogP contribution in [0, 0.1) is 28.9 Å². The Kier molecular flexibility index (Phi) is 3.87. The molecule has 1 aromatic rings. The average Bonchev–Trinajstić information content (AvgIpc) is 2.79. The van der Waals surface area contributed by atoms with Crippen LogP contribution < -0.4 is 4.90 Å². The molecule has 0 saturated carbocycles. The summed E-state index contributed by atoms with van der Waals surface area (Å²) in [5.41, 5.74) is 0.569. The number of methoxy groups -OCH3 is 1. The van der Waals surface area contributed by atoms with Crippen LogP contribution in [0.3, 0.4) is 0 Å². The van der Waals surface area contributed by atoms with Crippen molar-refractivity contribution in [3.05, 3.63) is 27.9 Å². The van der Waals surface area contributed by atoms with E-state index in [9.17, 15) is 14.9 Å². The molecule has 0 radical (unpaired) electrons. The summed E-state index contributed by atoms with van der Waals surface area (Å²) < 4.78 is 4.77. The van der Waals surface area contributed by atoms with Gasteiger partial charge in [0.25, 0.3) is 0 Å². The molecule has 1 aliphatic rings. The van der Waals surface area contributed by atoms with Gasteiger partial charge >= 0.3 is 11.7 Å². The second-order valence-corrected chi connectivity index (χ2v) is 5.07. The number of hydrogen-bond acceptors (Lipinski definition) is 6. The molecule has 2 atom stereocenters. The summed E-state index contributed by atoms with van der Waals surface area (Å²) in [6, 6.07) is 1.61. The smallest absolute Gasteiger partial charge is 0.314 e. The van der Waals surface area contributed by atoms with E-state index in [4.69, 9.17) is 4.74 Å². The molecule has 0 aliphatic carbocycles. The highest BCUT2D eigenvalue weighted by atomic mass is 16.6. The van der Waals surface area contributed by atoms with Gasteiger partial charge in [0, 0.05) is 24.8 Å². The number of ether oxygens (including phenoxy) is 1. The van der Waals surface area contributed by atoms with Gasteiger partial charge < -0.3 is 9.64 Å². The average molecular weight is 279 g/mol. The summed E-state index contributed by atoms with van der Waals surface area (Å²) in [5, 5.41) is 11.2. The lowest BCUT2D eigenvalue weighted by molar-refractivity contribution is -0.384. The minimum Gasteiger partial charge on any atom is -0.469 e. The van der Waals surface area contributed by atoms with Crippen LogP contribution in [-0.2, 0) is 9.53 Å². The van der Waals surface area contributed by atoms with Gasteiger partial charge in [0.2, 0.25) is 5.82 Å². The molecule has 0 N–H and O–H groups in total. The number of carbonyl (C=O) groups excluding carboxylic acids is 1. The van der Waals surface area contributed by atoms with Crippen molar-refractivity contribution in [2.45, 2.75) is 13.8 Å². The summed E-state index contributed by atoms with van der Waals surface area (Å²) in [4.78, 5) is 28.4. The lowest BCUT2D eigenvalue weighted by Crippen LogP contribution is -2.25. The fourth-order valence-corrected chi connectivity index (χ4v) is 2.59. The highest BCUT2D eigenvalue weighted by Crippen LogP contribution is 2.34. The summed E-state index contributed by atoms with van der Waals surface area (Å²) >= 11 is 0. The van der Waals surface area contributed by atoms with Gasteiger partial charge in [0.15, 0.2) is 0 Å². The maximum atomic E-state index is 11.7. The molecular weight excluding hydrogens is 262 g/mol. The van der Waals surface area contributed by atoms with Gasteiger partial charge in [-0.05, 0) is 18.9 Å². The first kappa shape index (κ1) is 14.2. The lowest BCUT2D eigenvalue weighted by Gasteiger charge is -2.17. The maximum Gasteiger partial charge on any atom is 0.314 e. The fourth-order valence-electron chi connectivity index (χ4n) is 2.59. The number of aromatic nitrogens is 1. The van der Waals surface area contributed by atoms with E-state index < -0.39 is 4.92 Å². The van der Waals surface area contributed by atoms with Crippen LogP contribution in [0.2, 0.25) is 0 Å². The molecule has 108 valence electrons. The second kappa shape index (κ2) is 5.44. The van der Waals surface area contributed by atoms with Gasteiger partial charge in [-0.2, -0.15) is 0 Å². The van der Waals surface area contributed by atoms with Crippen LogP contribution in [0.15, 0.2) is 12.3 Å². The zero-order valence-corrected chi connectivity index (χ0v) is 11.7. The van der Waals surface area contributed by atoms with Crippen LogP contribution in [-0.4, -0.2) is 36.1 Å². The van der Waals surface area contributed by atoms with Gasteiger partial charge in [-0.25, -0.2) is 4.98 Å². The summed E-state index contributed by atoms with van der Waals surface area (Å²) in [6.07, 6.45) is 1.55. The number of pyridine rings is 1. The van der Waals surface area contributed by atoms with E-state index in [0.717, 1.165) is 0 Å². The van der Waals surface area contributed by atoms with Crippen molar-refractivity contribution < 1.29 is 14.5 Å². The fraction of sp³-hybridized carbons (Fsp3) is 0.538. The Balaban J connectivity index is 2.33. The Hall–Kier alpha value is -2.18. The van der Waals surface area contributed by atoms with E-state index in [1.54, 1.807) is 24.1 Å². The monoisotopic (exact) mass is 279 g/mol. The van der Waals surface area contributed by atoms with Gasteiger partial charge in [0.05, 0.1) is 18.0 Å². The van der Waals surface area contributed by atoms with E-state index in [1.807, 2.05) is 6.92 Å². The van der Waals surface area contributed by atoms with Gasteiger partial charge in [-0.1, -0.05) is 6.92 Å². The van der Waals surface area contributed by atoms with Gasteiger partial charge in [0.1, 0.15) is 0 Å². The number of nitrogens with zero attached hydrogens (tertiary/aromatic N) is 3. The van der Waals surface area contributed by atoms with Gasteiger partial charge in [-0.15, -0.1) is 0 Å². The molecule has 2 unspecified atom stereocenters. The molecule has 7 nitrogen and oxygen atoms in total. The van der Waals surface area contributed by atoms with Crippen molar-refractivity contribution in [3.63, 3.8) is 0 Å². The van der Waals surface area contributed by atoms with E-state index in [1.165, 1.54) is 7.11 Å². The molecule has 1 saturated heterocycles. The Labute approximate surface area is 116 Å². The third-order valence-corrected chi connectivity index (χ3v) is 3.71. The van der Waals surface area contributed by atoms with Crippen molar-refractivity contribution in [1.29, 1.82) is 0 Å². The second-order valence-electron chi connectivity index (χ2n) is 5.07. The molecule has 2 rings (SSSR count). The highest BCUT2D eigenvalue weighted by molar-refractivity contribution is 5.75. The number of carbonyl (C=O) groups is 1. The Morgan fingerprint density at radius 3 is 2.85 bits per heavy atom. The standard InChI is InChI=1S/C13H17N3O4/c1-8-4-5-14-12(11(8)16(18)19)15-6-9(2)10(7-15)13(17)20-3/h4-5,9-10H,6-7H2,1-3H3. The van der Waals surface area contributed by atoms with E-state index in [-0.39, 0.29) is 23.5 Å². The Morgan fingerprint density at radius 2 is 2.25 bits per heavy atom. The third kappa shape index (κ3) is 2.43. The largest absolute Gasteiger partial charge is 0.469 e. The first-order chi connectivity index (χ1) is 9.45. The summed E-state index contributed by atoms with van der Waals surface area (Å²) in [7, 11) is 1.35. The molecule has 2 heterocycles.